The average Bonchev–Trinajstić information content (AvgIpc) is 3.47. The summed E-state index contributed by atoms with van der Waals surface area (Å²) in [6.07, 6.45) is 4.13. The van der Waals surface area contributed by atoms with Crippen molar-refractivity contribution >= 4 is 24.1 Å². The predicted molar refractivity (Wildman–Crippen MR) is 140 cm³/mol. The Bertz CT molecular complexity index is 1330. The fourth-order valence-corrected chi connectivity index (χ4v) is 6.54. The van der Waals surface area contributed by atoms with Crippen molar-refractivity contribution < 1.29 is 33.3 Å². The second kappa shape index (κ2) is 8.83. The highest BCUT2D eigenvalue weighted by atomic mass is 16.7. The van der Waals surface area contributed by atoms with Gasteiger partial charge in [0.25, 0.3) is 5.79 Å². The maximum atomic E-state index is 14.4. The highest BCUT2D eigenvalue weighted by molar-refractivity contribution is 6.06. The standard InChI is InChI=1S/C30H32N2O7/c1-28(2,3)37-25(33)23-22(18-11-13-20(36-4)14-12-18)30(24-21-10-6-5-9-19(21)17-31-32(23)24)26(34)38-29(39-27(30)35)15-7-8-16-29/h5-6,9-14,17,22-24H,7-8,15-16H2,1-4H3. The van der Waals surface area contributed by atoms with E-state index in [1.165, 1.54) is 0 Å². The van der Waals surface area contributed by atoms with Crippen molar-refractivity contribution in [2.24, 2.45) is 10.5 Å². The molecule has 1 saturated carbocycles. The quantitative estimate of drug-likeness (QED) is 0.427. The summed E-state index contributed by atoms with van der Waals surface area (Å²) in [4.78, 5) is 42.8. The van der Waals surface area contributed by atoms with Gasteiger partial charge in [-0.05, 0) is 62.4 Å². The lowest BCUT2D eigenvalue weighted by Gasteiger charge is -2.45. The van der Waals surface area contributed by atoms with Crippen LogP contribution in [-0.4, -0.2) is 53.7 Å². The molecule has 3 unspecified atom stereocenters. The third-order valence-corrected chi connectivity index (χ3v) is 8.13. The van der Waals surface area contributed by atoms with E-state index in [2.05, 4.69) is 5.10 Å². The van der Waals surface area contributed by atoms with Crippen LogP contribution in [0.4, 0.5) is 0 Å². The molecule has 0 radical (unpaired) electrons. The number of carbonyl (C=O) groups excluding carboxylic acids is 3. The molecule has 3 fully saturated rings. The van der Waals surface area contributed by atoms with Crippen molar-refractivity contribution in [1.29, 1.82) is 0 Å². The molecule has 0 aromatic heterocycles. The molecule has 4 aliphatic rings. The number of fused-ring (bicyclic) bond motifs is 4. The van der Waals surface area contributed by atoms with E-state index in [0.717, 1.165) is 18.4 Å². The van der Waals surface area contributed by atoms with Crippen molar-refractivity contribution in [3.63, 3.8) is 0 Å². The second-order valence-corrected chi connectivity index (χ2v) is 11.7. The van der Waals surface area contributed by atoms with E-state index in [4.69, 9.17) is 18.9 Å². The first-order valence-corrected chi connectivity index (χ1v) is 13.3. The summed E-state index contributed by atoms with van der Waals surface area (Å²) in [6.45, 7) is 5.33. The van der Waals surface area contributed by atoms with Gasteiger partial charge in [-0.15, -0.1) is 0 Å². The molecule has 3 aliphatic heterocycles. The fourth-order valence-electron chi connectivity index (χ4n) is 6.54. The summed E-state index contributed by atoms with van der Waals surface area (Å²) in [7, 11) is 1.55. The predicted octanol–water partition coefficient (Wildman–Crippen LogP) is 4.25. The average molecular weight is 533 g/mol. The number of benzene rings is 2. The summed E-state index contributed by atoms with van der Waals surface area (Å²) in [6, 6.07) is 12.4. The topological polar surface area (TPSA) is 104 Å². The molecule has 9 heteroatoms. The lowest BCUT2D eigenvalue weighted by molar-refractivity contribution is -0.263. The van der Waals surface area contributed by atoms with Gasteiger partial charge >= 0.3 is 17.9 Å². The molecule has 0 amide bonds. The fraction of sp³-hybridized carbons (Fsp3) is 0.467. The summed E-state index contributed by atoms with van der Waals surface area (Å²) in [5.74, 6) is -3.67. The minimum absolute atomic E-state index is 0.451. The molecule has 39 heavy (non-hydrogen) atoms. The van der Waals surface area contributed by atoms with Gasteiger partial charge in [0.2, 0.25) is 5.41 Å². The number of rotatable bonds is 3. The van der Waals surface area contributed by atoms with E-state index >= 15 is 0 Å². The van der Waals surface area contributed by atoms with Crippen molar-refractivity contribution in [3.8, 4) is 5.75 Å². The van der Waals surface area contributed by atoms with E-state index in [0.29, 0.717) is 29.7 Å². The maximum absolute atomic E-state index is 14.4. The molecule has 2 saturated heterocycles. The lowest BCUT2D eigenvalue weighted by atomic mass is 9.65. The van der Waals surface area contributed by atoms with E-state index in [1.54, 1.807) is 63.4 Å². The first-order chi connectivity index (χ1) is 18.6. The van der Waals surface area contributed by atoms with E-state index in [-0.39, 0.29) is 0 Å². The molecule has 0 bridgehead atoms. The molecule has 9 nitrogen and oxygen atoms in total. The summed E-state index contributed by atoms with van der Waals surface area (Å²) < 4.78 is 23.4. The van der Waals surface area contributed by atoms with Gasteiger partial charge in [-0.2, -0.15) is 5.10 Å². The molecule has 204 valence electrons. The van der Waals surface area contributed by atoms with Crippen LogP contribution in [0.25, 0.3) is 0 Å². The summed E-state index contributed by atoms with van der Waals surface area (Å²) in [5.41, 5.74) is -0.708. The van der Waals surface area contributed by atoms with Gasteiger partial charge < -0.3 is 18.9 Å². The van der Waals surface area contributed by atoms with Gasteiger partial charge in [0.05, 0.1) is 13.3 Å². The van der Waals surface area contributed by atoms with Crippen molar-refractivity contribution in [1.82, 2.24) is 5.01 Å². The molecular formula is C30H32N2O7. The number of hydrogen-bond donors (Lipinski definition) is 0. The number of esters is 3. The van der Waals surface area contributed by atoms with Crippen LogP contribution in [0.5, 0.6) is 5.75 Å². The zero-order valence-electron chi connectivity index (χ0n) is 22.5. The third kappa shape index (κ3) is 3.81. The Balaban J connectivity index is 1.60. The summed E-state index contributed by atoms with van der Waals surface area (Å²) in [5, 5.41) is 6.19. The zero-order valence-corrected chi connectivity index (χ0v) is 22.5. The first kappa shape index (κ1) is 25.4. The first-order valence-electron chi connectivity index (χ1n) is 13.3. The minimum Gasteiger partial charge on any atom is -0.497 e. The SMILES string of the molecule is COc1ccc(C2C(C(=O)OC(C)(C)C)N3N=Cc4ccccc4C3C23C(=O)OC2(CCCC2)OC3=O)cc1. The Morgan fingerprint density at radius 3 is 2.26 bits per heavy atom. The van der Waals surface area contributed by atoms with Gasteiger partial charge in [-0.1, -0.05) is 36.4 Å². The van der Waals surface area contributed by atoms with Gasteiger partial charge in [-0.3, -0.25) is 14.6 Å². The molecule has 3 heterocycles. The molecule has 2 spiro atoms. The Labute approximate surface area is 227 Å². The highest BCUT2D eigenvalue weighted by Gasteiger charge is 2.76. The Morgan fingerprint density at radius 1 is 1.00 bits per heavy atom. The molecule has 0 N–H and O–H groups in total. The second-order valence-electron chi connectivity index (χ2n) is 11.7. The van der Waals surface area contributed by atoms with E-state index in [1.807, 2.05) is 24.3 Å². The van der Waals surface area contributed by atoms with Crippen molar-refractivity contribution in [2.75, 3.05) is 7.11 Å². The van der Waals surface area contributed by atoms with Crippen molar-refractivity contribution in [2.45, 2.75) is 75.8 Å². The van der Waals surface area contributed by atoms with E-state index in [9.17, 15) is 14.4 Å². The highest BCUT2D eigenvalue weighted by Crippen LogP contribution is 2.63. The lowest BCUT2D eigenvalue weighted by Crippen LogP contribution is -2.59. The van der Waals surface area contributed by atoms with Crippen LogP contribution in [0.2, 0.25) is 0 Å². The number of ether oxygens (including phenoxy) is 4. The van der Waals surface area contributed by atoms with Crippen LogP contribution in [0.1, 0.15) is 75.1 Å². The number of methoxy groups -OCH3 is 1. The molecule has 2 aromatic carbocycles. The van der Waals surface area contributed by atoms with Crippen LogP contribution < -0.4 is 4.74 Å². The van der Waals surface area contributed by atoms with Crippen LogP contribution in [0, 0.1) is 5.41 Å². The van der Waals surface area contributed by atoms with Crippen LogP contribution in [-0.2, 0) is 28.6 Å². The van der Waals surface area contributed by atoms with Crippen LogP contribution in [0.3, 0.4) is 0 Å². The molecular weight excluding hydrogens is 500 g/mol. The third-order valence-electron chi connectivity index (χ3n) is 8.13. The monoisotopic (exact) mass is 532 g/mol. The smallest absolute Gasteiger partial charge is 0.331 e. The molecule has 6 rings (SSSR count). The summed E-state index contributed by atoms with van der Waals surface area (Å²) >= 11 is 0. The Kier molecular flexibility index (Phi) is 5.75. The Morgan fingerprint density at radius 2 is 1.64 bits per heavy atom. The zero-order chi connectivity index (χ0) is 27.6. The Hall–Kier alpha value is -3.88. The molecule has 3 atom stereocenters. The number of hydrogen-bond acceptors (Lipinski definition) is 9. The molecule has 1 aliphatic carbocycles. The van der Waals surface area contributed by atoms with Crippen LogP contribution >= 0.6 is 0 Å². The van der Waals surface area contributed by atoms with Crippen LogP contribution in [0.15, 0.2) is 53.6 Å². The number of hydrazone groups is 1. The van der Waals surface area contributed by atoms with Gasteiger partial charge in [0.15, 0.2) is 6.04 Å². The van der Waals surface area contributed by atoms with Gasteiger partial charge in [0.1, 0.15) is 17.4 Å². The van der Waals surface area contributed by atoms with E-state index < -0.39 is 52.7 Å². The van der Waals surface area contributed by atoms with Gasteiger partial charge in [0, 0.05) is 18.8 Å². The number of carbonyl (C=O) groups is 3. The largest absolute Gasteiger partial charge is 0.497 e. The normalized spacial score (nSPS) is 26.2. The van der Waals surface area contributed by atoms with Gasteiger partial charge in [-0.25, -0.2) is 4.79 Å². The number of nitrogens with zero attached hydrogens (tertiary/aromatic N) is 2. The molecule has 2 aromatic rings. The van der Waals surface area contributed by atoms with Crippen molar-refractivity contribution in [3.05, 3.63) is 65.2 Å². The maximum Gasteiger partial charge on any atom is 0.331 e. The minimum atomic E-state index is -1.90.